The van der Waals surface area contributed by atoms with Gasteiger partial charge in [-0.15, -0.1) is 0 Å². The molecule has 0 fully saturated rings. The Hall–Kier alpha value is -3.15. The van der Waals surface area contributed by atoms with Crippen molar-refractivity contribution in [2.75, 3.05) is 11.9 Å². The van der Waals surface area contributed by atoms with E-state index in [1.54, 1.807) is 31.2 Å². The predicted octanol–water partition coefficient (Wildman–Crippen LogP) is 3.24. The summed E-state index contributed by atoms with van der Waals surface area (Å²) < 4.78 is 5.44. The lowest BCUT2D eigenvalue weighted by molar-refractivity contribution is 0.0692. The van der Waals surface area contributed by atoms with Crippen molar-refractivity contribution in [3.8, 4) is 5.75 Å². The van der Waals surface area contributed by atoms with E-state index in [9.17, 15) is 19.5 Å². The van der Waals surface area contributed by atoms with Gasteiger partial charge in [0, 0.05) is 5.56 Å². The fourth-order valence-corrected chi connectivity index (χ4v) is 2.19. The van der Waals surface area contributed by atoms with Gasteiger partial charge in [0.25, 0.3) is 5.91 Å². The van der Waals surface area contributed by atoms with Crippen molar-refractivity contribution in [1.29, 1.82) is 0 Å². The summed E-state index contributed by atoms with van der Waals surface area (Å²) in [6.07, 6.45) is 0. The average Bonchev–Trinajstić information content (AvgIpc) is 2.56. The first-order valence-electron chi connectivity index (χ1n) is 7.35. The standard InChI is InChI=1S/C18H17NO5/c1-3-24-16-9-8-12(11(2)20)10-15(16)19-17(21)13-6-4-5-7-14(13)18(22)23/h4-10H,3H2,1-2H3,(H,19,21)(H,22,23). The summed E-state index contributed by atoms with van der Waals surface area (Å²) in [5, 5.41) is 11.8. The Balaban J connectivity index is 2.39. The van der Waals surface area contributed by atoms with Gasteiger partial charge in [0.05, 0.1) is 23.4 Å². The van der Waals surface area contributed by atoms with Crippen LogP contribution in [0, 0.1) is 0 Å². The van der Waals surface area contributed by atoms with Crippen LogP contribution in [0.25, 0.3) is 0 Å². The molecule has 2 rings (SSSR count). The molecule has 0 aliphatic heterocycles. The summed E-state index contributed by atoms with van der Waals surface area (Å²) >= 11 is 0. The number of anilines is 1. The van der Waals surface area contributed by atoms with Crippen molar-refractivity contribution in [2.24, 2.45) is 0 Å². The third-order valence-corrected chi connectivity index (χ3v) is 3.34. The molecule has 2 N–H and O–H groups in total. The van der Waals surface area contributed by atoms with E-state index < -0.39 is 11.9 Å². The molecule has 0 bridgehead atoms. The van der Waals surface area contributed by atoms with Crippen LogP contribution in [0.2, 0.25) is 0 Å². The van der Waals surface area contributed by atoms with Crippen LogP contribution in [-0.2, 0) is 0 Å². The smallest absolute Gasteiger partial charge is 0.336 e. The fourth-order valence-electron chi connectivity index (χ4n) is 2.19. The zero-order valence-electron chi connectivity index (χ0n) is 13.3. The number of carboxylic acids is 1. The molecule has 2 aromatic rings. The quantitative estimate of drug-likeness (QED) is 0.795. The van der Waals surface area contributed by atoms with Gasteiger partial charge < -0.3 is 15.2 Å². The molecule has 0 radical (unpaired) electrons. The molecule has 0 saturated heterocycles. The molecule has 1 amide bonds. The Labute approximate surface area is 139 Å². The molecular formula is C18H17NO5. The van der Waals surface area contributed by atoms with Crippen LogP contribution in [0.15, 0.2) is 42.5 Å². The maximum absolute atomic E-state index is 12.5. The van der Waals surface area contributed by atoms with Gasteiger partial charge in [-0.25, -0.2) is 4.79 Å². The molecule has 0 spiro atoms. The van der Waals surface area contributed by atoms with Crippen molar-refractivity contribution in [3.05, 3.63) is 59.2 Å². The van der Waals surface area contributed by atoms with Gasteiger partial charge in [0.1, 0.15) is 5.75 Å². The number of nitrogens with one attached hydrogen (secondary N) is 1. The van der Waals surface area contributed by atoms with Crippen LogP contribution in [-0.4, -0.2) is 29.4 Å². The molecule has 2 aromatic carbocycles. The Bertz CT molecular complexity index is 798. The topological polar surface area (TPSA) is 92.7 Å². The normalized spacial score (nSPS) is 10.1. The lowest BCUT2D eigenvalue weighted by Crippen LogP contribution is -2.17. The number of carbonyl (C=O) groups is 3. The minimum Gasteiger partial charge on any atom is -0.492 e. The third kappa shape index (κ3) is 3.78. The van der Waals surface area contributed by atoms with Gasteiger partial charge in [-0.1, -0.05) is 12.1 Å². The first kappa shape index (κ1) is 17.2. The van der Waals surface area contributed by atoms with Gasteiger partial charge in [-0.2, -0.15) is 0 Å². The zero-order chi connectivity index (χ0) is 17.7. The molecule has 0 aromatic heterocycles. The Kier molecular flexibility index (Phi) is 5.31. The molecule has 0 aliphatic rings. The lowest BCUT2D eigenvalue weighted by atomic mass is 10.1. The Morgan fingerprint density at radius 3 is 2.33 bits per heavy atom. The van der Waals surface area contributed by atoms with Crippen LogP contribution in [0.4, 0.5) is 5.69 Å². The summed E-state index contributed by atoms with van der Waals surface area (Å²) in [7, 11) is 0. The number of amides is 1. The molecule has 0 aliphatic carbocycles. The van der Waals surface area contributed by atoms with Crippen LogP contribution in [0.1, 0.15) is 44.9 Å². The van der Waals surface area contributed by atoms with E-state index in [4.69, 9.17) is 4.74 Å². The number of ether oxygens (including phenoxy) is 1. The van der Waals surface area contributed by atoms with E-state index >= 15 is 0 Å². The largest absolute Gasteiger partial charge is 0.492 e. The summed E-state index contributed by atoms with van der Waals surface area (Å²) in [5.41, 5.74) is 0.659. The summed E-state index contributed by atoms with van der Waals surface area (Å²) in [4.78, 5) is 35.2. The van der Waals surface area contributed by atoms with E-state index in [0.29, 0.717) is 23.6 Å². The summed E-state index contributed by atoms with van der Waals surface area (Å²) in [5.74, 6) is -1.53. The summed E-state index contributed by atoms with van der Waals surface area (Å²) in [6, 6.07) is 10.6. The first-order valence-corrected chi connectivity index (χ1v) is 7.35. The van der Waals surface area contributed by atoms with E-state index in [1.165, 1.54) is 25.1 Å². The Morgan fingerprint density at radius 2 is 1.75 bits per heavy atom. The van der Waals surface area contributed by atoms with E-state index in [1.807, 2.05) is 0 Å². The number of rotatable bonds is 6. The monoisotopic (exact) mass is 327 g/mol. The van der Waals surface area contributed by atoms with Crippen molar-refractivity contribution in [3.63, 3.8) is 0 Å². The fraction of sp³-hybridized carbons (Fsp3) is 0.167. The summed E-state index contributed by atoms with van der Waals surface area (Å²) in [6.45, 7) is 3.60. The van der Waals surface area contributed by atoms with Crippen molar-refractivity contribution < 1.29 is 24.2 Å². The number of ketones is 1. The van der Waals surface area contributed by atoms with Crippen molar-refractivity contribution >= 4 is 23.3 Å². The SMILES string of the molecule is CCOc1ccc(C(C)=O)cc1NC(=O)c1ccccc1C(=O)O. The van der Waals surface area contributed by atoms with E-state index in [2.05, 4.69) is 5.32 Å². The van der Waals surface area contributed by atoms with Crippen molar-refractivity contribution in [2.45, 2.75) is 13.8 Å². The van der Waals surface area contributed by atoms with Crippen LogP contribution < -0.4 is 10.1 Å². The van der Waals surface area contributed by atoms with E-state index in [0.717, 1.165) is 0 Å². The molecule has 0 unspecified atom stereocenters. The highest BCUT2D eigenvalue weighted by Crippen LogP contribution is 2.27. The van der Waals surface area contributed by atoms with Crippen LogP contribution in [0.5, 0.6) is 5.75 Å². The third-order valence-electron chi connectivity index (χ3n) is 3.34. The predicted molar refractivity (Wildman–Crippen MR) is 89.0 cm³/mol. The Morgan fingerprint density at radius 1 is 1.08 bits per heavy atom. The molecular weight excluding hydrogens is 310 g/mol. The second-order valence-electron chi connectivity index (χ2n) is 5.00. The molecule has 0 atom stereocenters. The average molecular weight is 327 g/mol. The number of hydrogen-bond acceptors (Lipinski definition) is 4. The number of carboxylic acid groups (broad SMARTS) is 1. The number of carbonyl (C=O) groups excluding carboxylic acids is 2. The lowest BCUT2D eigenvalue weighted by Gasteiger charge is -2.13. The number of hydrogen-bond donors (Lipinski definition) is 2. The minimum atomic E-state index is -1.19. The molecule has 24 heavy (non-hydrogen) atoms. The number of Topliss-reactive ketones (excluding diaryl/α,β-unsaturated/α-hetero) is 1. The van der Waals surface area contributed by atoms with Crippen LogP contribution >= 0.6 is 0 Å². The van der Waals surface area contributed by atoms with Crippen molar-refractivity contribution in [1.82, 2.24) is 0 Å². The molecule has 6 nitrogen and oxygen atoms in total. The maximum Gasteiger partial charge on any atom is 0.336 e. The highest BCUT2D eigenvalue weighted by atomic mass is 16.5. The molecule has 124 valence electrons. The number of benzene rings is 2. The molecule has 6 heteroatoms. The molecule has 0 saturated carbocycles. The highest BCUT2D eigenvalue weighted by Gasteiger charge is 2.18. The van der Waals surface area contributed by atoms with Gasteiger partial charge >= 0.3 is 5.97 Å². The second-order valence-corrected chi connectivity index (χ2v) is 5.00. The van der Waals surface area contributed by atoms with Gasteiger partial charge in [-0.05, 0) is 44.2 Å². The van der Waals surface area contributed by atoms with Gasteiger partial charge in [-0.3, -0.25) is 9.59 Å². The second kappa shape index (κ2) is 7.41. The zero-order valence-corrected chi connectivity index (χ0v) is 13.3. The van der Waals surface area contributed by atoms with Gasteiger partial charge in [0.15, 0.2) is 5.78 Å². The minimum absolute atomic E-state index is 0.0284. The van der Waals surface area contributed by atoms with Gasteiger partial charge in [0.2, 0.25) is 0 Å². The molecule has 0 heterocycles. The maximum atomic E-state index is 12.5. The first-order chi connectivity index (χ1) is 11.4. The van der Waals surface area contributed by atoms with E-state index in [-0.39, 0.29) is 16.9 Å². The number of aromatic carboxylic acids is 1. The van der Waals surface area contributed by atoms with Crippen LogP contribution in [0.3, 0.4) is 0 Å². The highest BCUT2D eigenvalue weighted by molar-refractivity contribution is 6.11.